The molecule has 1 aromatic heterocycles. The molecule has 0 saturated heterocycles. The molecule has 1 heterocycles. The second-order valence-corrected chi connectivity index (χ2v) is 4.75. The van der Waals surface area contributed by atoms with Crippen LogP contribution in [0.25, 0.3) is 0 Å². The van der Waals surface area contributed by atoms with Crippen LogP contribution in [0.3, 0.4) is 0 Å². The Morgan fingerprint density at radius 3 is 2.89 bits per heavy atom. The lowest BCUT2D eigenvalue weighted by atomic mass is 10.3. The molecule has 0 unspecified atom stereocenters. The van der Waals surface area contributed by atoms with Crippen molar-refractivity contribution in [2.75, 3.05) is 19.6 Å². The van der Waals surface area contributed by atoms with Gasteiger partial charge in [-0.15, -0.1) is 11.3 Å². The van der Waals surface area contributed by atoms with Gasteiger partial charge in [-0.1, -0.05) is 6.92 Å². The lowest BCUT2D eigenvalue weighted by Crippen LogP contribution is -2.35. The first-order valence-corrected chi connectivity index (χ1v) is 6.68. The third-order valence-electron chi connectivity index (χ3n) is 2.27. The highest BCUT2D eigenvalue weighted by molar-refractivity contribution is 7.09. The summed E-state index contributed by atoms with van der Waals surface area (Å²) < 4.78 is 24.8. The highest BCUT2D eigenvalue weighted by atomic mass is 32.1. The van der Waals surface area contributed by atoms with Gasteiger partial charge in [0.2, 0.25) is 0 Å². The van der Waals surface area contributed by atoms with Gasteiger partial charge >= 0.3 is 0 Å². The van der Waals surface area contributed by atoms with Crippen LogP contribution in [0.2, 0.25) is 0 Å². The summed E-state index contributed by atoms with van der Waals surface area (Å²) in [6.07, 6.45) is -1.29. The molecule has 102 valence electrons. The first kappa shape index (κ1) is 15.0. The van der Waals surface area contributed by atoms with Gasteiger partial charge in [0.25, 0.3) is 12.3 Å². The highest BCUT2D eigenvalue weighted by Gasteiger charge is 2.21. The minimum Gasteiger partial charge on any atom is -0.332 e. The summed E-state index contributed by atoms with van der Waals surface area (Å²) in [7, 11) is 0. The average Bonchev–Trinajstić information content (AvgIpc) is 2.76. The smallest absolute Gasteiger partial charge is 0.273 e. The number of amides is 1. The van der Waals surface area contributed by atoms with Crippen molar-refractivity contribution in [1.29, 1.82) is 0 Å². The topological polar surface area (TPSA) is 59.2 Å². The number of thiazole rings is 1. The molecule has 0 spiro atoms. The lowest BCUT2D eigenvalue weighted by molar-refractivity contribution is 0.0551. The molecule has 1 rings (SSSR count). The van der Waals surface area contributed by atoms with E-state index in [-0.39, 0.29) is 5.69 Å². The Balaban J connectivity index is 2.74. The van der Waals surface area contributed by atoms with Gasteiger partial charge in [-0.3, -0.25) is 4.79 Å². The number of nitrogens with zero attached hydrogens (tertiary/aromatic N) is 2. The van der Waals surface area contributed by atoms with E-state index < -0.39 is 18.9 Å². The third kappa shape index (κ3) is 4.30. The van der Waals surface area contributed by atoms with Gasteiger partial charge in [-0.25, -0.2) is 13.8 Å². The van der Waals surface area contributed by atoms with E-state index >= 15 is 0 Å². The Bertz CT molecular complexity index is 384. The van der Waals surface area contributed by atoms with Crippen molar-refractivity contribution in [3.63, 3.8) is 0 Å². The van der Waals surface area contributed by atoms with Crippen molar-refractivity contribution in [2.24, 2.45) is 5.73 Å². The van der Waals surface area contributed by atoms with Crippen LogP contribution in [-0.4, -0.2) is 41.9 Å². The maximum absolute atomic E-state index is 12.4. The highest BCUT2D eigenvalue weighted by Crippen LogP contribution is 2.13. The fourth-order valence-electron chi connectivity index (χ4n) is 1.52. The van der Waals surface area contributed by atoms with E-state index in [9.17, 15) is 13.6 Å². The van der Waals surface area contributed by atoms with E-state index in [1.54, 1.807) is 5.38 Å². The molecule has 0 saturated carbocycles. The minimum atomic E-state index is -2.53. The van der Waals surface area contributed by atoms with Crippen LogP contribution in [0.1, 0.15) is 28.8 Å². The summed E-state index contributed by atoms with van der Waals surface area (Å²) in [5.74, 6) is -0.434. The number of hydrogen-bond donors (Lipinski definition) is 1. The van der Waals surface area contributed by atoms with E-state index in [2.05, 4.69) is 4.98 Å². The Kier molecular flexibility index (Phi) is 6.14. The Hall–Kier alpha value is -1.08. The van der Waals surface area contributed by atoms with Crippen molar-refractivity contribution in [2.45, 2.75) is 26.2 Å². The quantitative estimate of drug-likeness (QED) is 0.826. The van der Waals surface area contributed by atoms with E-state index in [0.717, 1.165) is 9.91 Å². The number of carbonyl (C=O) groups excluding carboxylic acids is 1. The third-order valence-corrected chi connectivity index (χ3v) is 3.18. The van der Waals surface area contributed by atoms with Crippen LogP contribution in [0.15, 0.2) is 5.38 Å². The number of rotatable bonds is 7. The summed E-state index contributed by atoms with van der Waals surface area (Å²) in [5.41, 5.74) is 5.63. The Morgan fingerprint density at radius 1 is 1.61 bits per heavy atom. The van der Waals surface area contributed by atoms with Crippen LogP contribution in [0, 0.1) is 0 Å². The van der Waals surface area contributed by atoms with Gasteiger partial charge in [0.1, 0.15) is 5.69 Å². The molecule has 7 heteroatoms. The molecule has 0 bridgehead atoms. The maximum atomic E-state index is 12.4. The number of carbonyl (C=O) groups is 1. The molecule has 0 aromatic carbocycles. The summed E-state index contributed by atoms with van der Waals surface area (Å²) >= 11 is 1.33. The molecule has 1 amide bonds. The summed E-state index contributed by atoms with van der Waals surface area (Å²) in [5, 5.41) is 2.36. The second kappa shape index (κ2) is 7.38. The first-order chi connectivity index (χ1) is 8.58. The average molecular weight is 277 g/mol. The summed E-state index contributed by atoms with van der Waals surface area (Å²) in [6, 6.07) is 0. The van der Waals surface area contributed by atoms with Crippen molar-refractivity contribution < 1.29 is 13.6 Å². The molecule has 0 aliphatic heterocycles. The van der Waals surface area contributed by atoms with Crippen molar-refractivity contribution >= 4 is 17.2 Å². The van der Waals surface area contributed by atoms with Gasteiger partial charge in [-0.05, 0) is 13.0 Å². The fourth-order valence-corrected chi connectivity index (χ4v) is 2.31. The number of halogens is 2. The molecule has 18 heavy (non-hydrogen) atoms. The number of aromatic nitrogens is 1. The predicted octanol–water partition coefficient (Wildman–Crippen LogP) is 1.76. The number of hydrogen-bond acceptors (Lipinski definition) is 4. The zero-order chi connectivity index (χ0) is 13.5. The Labute approximate surface area is 109 Å². The molecular weight excluding hydrogens is 260 g/mol. The second-order valence-electron chi connectivity index (χ2n) is 3.81. The van der Waals surface area contributed by atoms with Gasteiger partial charge in [0, 0.05) is 18.3 Å². The fraction of sp³-hybridized carbons (Fsp3) is 0.636. The minimum absolute atomic E-state index is 0.234. The number of alkyl halides is 2. The Morgan fingerprint density at radius 2 is 2.33 bits per heavy atom. The largest absolute Gasteiger partial charge is 0.332 e. The summed E-state index contributed by atoms with van der Waals surface area (Å²) in [6.45, 7) is 2.06. The van der Waals surface area contributed by atoms with Gasteiger partial charge < -0.3 is 10.6 Å². The molecule has 0 radical (unpaired) electrons. The van der Waals surface area contributed by atoms with Crippen LogP contribution in [-0.2, 0) is 6.42 Å². The molecule has 0 aliphatic carbocycles. The van der Waals surface area contributed by atoms with Crippen molar-refractivity contribution in [1.82, 2.24) is 9.88 Å². The zero-order valence-corrected chi connectivity index (χ0v) is 11.1. The van der Waals surface area contributed by atoms with E-state index in [4.69, 9.17) is 5.73 Å². The molecule has 0 fully saturated rings. The standard InChI is InChI=1S/C11H17F2N3OS/c1-2-5-16(6-9(12)13)11(17)8-7-18-10(15-8)3-4-14/h7,9H,2-6,14H2,1H3. The van der Waals surface area contributed by atoms with Crippen LogP contribution in [0.5, 0.6) is 0 Å². The predicted molar refractivity (Wildman–Crippen MR) is 67.1 cm³/mol. The molecule has 1 aromatic rings. The van der Waals surface area contributed by atoms with Gasteiger partial charge in [-0.2, -0.15) is 0 Å². The molecular formula is C11H17F2N3OS. The van der Waals surface area contributed by atoms with Crippen LogP contribution >= 0.6 is 11.3 Å². The van der Waals surface area contributed by atoms with E-state index in [1.807, 2.05) is 6.92 Å². The number of nitrogens with two attached hydrogens (primary N) is 1. The molecule has 0 atom stereocenters. The monoisotopic (exact) mass is 277 g/mol. The SMILES string of the molecule is CCCN(CC(F)F)C(=O)c1csc(CCN)n1. The van der Waals surface area contributed by atoms with Crippen molar-refractivity contribution in [3.05, 3.63) is 16.1 Å². The lowest BCUT2D eigenvalue weighted by Gasteiger charge is -2.20. The van der Waals surface area contributed by atoms with E-state index in [0.29, 0.717) is 25.9 Å². The maximum Gasteiger partial charge on any atom is 0.273 e. The van der Waals surface area contributed by atoms with Crippen LogP contribution < -0.4 is 5.73 Å². The zero-order valence-electron chi connectivity index (χ0n) is 10.2. The van der Waals surface area contributed by atoms with Gasteiger partial charge in [0.15, 0.2) is 0 Å². The summed E-state index contributed by atoms with van der Waals surface area (Å²) in [4.78, 5) is 17.3. The van der Waals surface area contributed by atoms with Gasteiger partial charge in [0.05, 0.1) is 11.6 Å². The molecule has 4 nitrogen and oxygen atoms in total. The first-order valence-electron chi connectivity index (χ1n) is 5.80. The normalized spacial score (nSPS) is 10.9. The van der Waals surface area contributed by atoms with Crippen molar-refractivity contribution in [3.8, 4) is 0 Å². The van der Waals surface area contributed by atoms with E-state index in [1.165, 1.54) is 11.3 Å². The molecule has 2 N–H and O–H groups in total. The van der Waals surface area contributed by atoms with Crippen LogP contribution in [0.4, 0.5) is 8.78 Å². The molecule has 0 aliphatic rings.